The Kier molecular flexibility index (Phi) is 5.31. The van der Waals surface area contributed by atoms with Gasteiger partial charge in [0.15, 0.2) is 5.69 Å². The third-order valence-corrected chi connectivity index (χ3v) is 6.46. The van der Waals surface area contributed by atoms with Gasteiger partial charge in [0.2, 0.25) is 0 Å². The van der Waals surface area contributed by atoms with Gasteiger partial charge in [-0.15, -0.1) is 11.3 Å². The number of ether oxygens (including phenoxy) is 1. The molecule has 1 aliphatic rings. The zero-order valence-corrected chi connectivity index (χ0v) is 18.0. The summed E-state index contributed by atoms with van der Waals surface area (Å²) >= 11 is 1.50. The van der Waals surface area contributed by atoms with E-state index in [9.17, 15) is 9.59 Å². The summed E-state index contributed by atoms with van der Waals surface area (Å²) in [4.78, 5) is 40.3. The molecule has 160 valence electrons. The van der Waals surface area contributed by atoms with Crippen LogP contribution in [0, 0.1) is 0 Å². The molecular formula is C22H23N5O3S. The highest BCUT2D eigenvalue weighted by Gasteiger charge is 2.22. The van der Waals surface area contributed by atoms with Gasteiger partial charge in [0.1, 0.15) is 0 Å². The van der Waals surface area contributed by atoms with Gasteiger partial charge in [0.25, 0.3) is 11.5 Å². The third-order valence-electron chi connectivity index (χ3n) is 5.73. The molecule has 0 bridgehead atoms. The predicted octanol–water partition coefficient (Wildman–Crippen LogP) is 2.54. The summed E-state index contributed by atoms with van der Waals surface area (Å²) in [5.41, 5.74) is 3.77. The van der Waals surface area contributed by atoms with Crippen LogP contribution >= 0.6 is 11.3 Å². The predicted molar refractivity (Wildman–Crippen MR) is 122 cm³/mol. The Morgan fingerprint density at radius 1 is 1.13 bits per heavy atom. The van der Waals surface area contributed by atoms with E-state index in [4.69, 9.17) is 4.74 Å². The molecule has 31 heavy (non-hydrogen) atoms. The molecule has 4 heterocycles. The molecule has 0 unspecified atom stereocenters. The van der Waals surface area contributed by atoms with Crippen LogP contribution in [0.3, 0.4) is 0 Å². The number of nitrogens with one attached hydrogen (secondary N) is 2. The first-order chi connectivity index (χ1) is 15.1. The standard InChI is InChI=1S/C22H23N5O3S/c1-30-9-8-26-4-6-27(7-5-26)22(29)14-2-3-16-15(10-14)11-17(23-16)20-21(28)25-19-13-31-12-18(19)24-20/h2-3,10-13,23H,4-9H2,1H3,(H,25,28). The number of H-pyrrole nitrogens is 2. The van der Waals surface area contributed by atoms with Crippen LogP contribution in [0.2, 0.25) is 0 Å². The lowest BCUT2D eigenvalue weighted by atomic mass is 10.1. The Morgan fingerprint density at radius 2 is 1.97 bits per heavy atom. The second-order valence-corrected chi connectivity index (χ2v) is 8.44. The average molecular weight is 438 g/mol. The van der Waals surface area contributed by atoms with E-state index in [2.05, 4.69) is 19.9 Å². The molecule has 9 heteroatoms. The molecule has 0 spiro atoms. The van der Waals surface area contributed by atoms with Crippen molar-refractivity contribution in [3.8, 4) is 11.4 Å². The third kappa shape index (κ3) is 3.87. The normalized spacial score (nSPS) is 15.2. The zero-order chi connectivity index (χ0) is 21.4. The molecule has 3 aromatic heterocycles. The van der Waals surface area contributed by atoms with Gasteiger partial charge >= 0.3 is 0 Å². The monoisotopic (exact) mass is 437 g/mol. The van der Waals surface area contributed by atoms with Gasteiger partial charge in [-0.3, -0.25) is 14.5 Å². The first-order valence-corrected chi connectivity index (χ1v) is 11.2. The van der Waals surface area contributed by atoms with Gasteiger partial charge in [-0.1, -0.05) is 0 Å². The average Bonchev–Trinajstić information content (AvgIpc) is 3.42. The van der Waals surface area contributed by atoms with E-state index in [0.29, 0.717) is 36.6 Å². The van der Waals surface area contributed by atoms with Crippen LogP contribution in [0.4, 0.5) is 0 Å². The number of hydrogen-bond acceptors (Lipinski definition) is 6. The highest BCUT2D eigenvalue weighted by molar-refractivity contribution is 7.09. The molecule has 0 atom stereocenters. The second kappa shape index (κ2) is 8.26. The van der Waals surface area contributed by atoms with Crippen LogP contribution in [0.15, 0.2) is 39.8 Å². The van der Waals surface area contributed by atoms with E-state index in [0.717, 1.165) is 41.6 Å². The second-order valence-electron chi connectivity index (χ2n) is 7.70. The van der Waals surface area contributed by atoms with E-state index in [1.165, 1.54) is 11.3 Å². The van der Waals surface area contributed by atoms with Gasteiger partial charge in [0.05, 0.1) is 23.3 Å². The summed E-state index contributed by atoms with van der Waals surface area (Å²) in [6, 6.07) is 7.48. The fourth-order valence-electron chi connectivity index (χ4n) is 3.98. The lowest BCUT2D eigenvalue weighted by molar-refractivity contribution is 0.0594. The summed E-state index contributed by atoms with van der Waals surface area (Å²) in [6.45, 7) is 4.71. The van der Waals surface area contributed by atoms with Crippen LogP contribution in [0.5, 0.6) is 0 Å². The molecule has 1 amide bonds. The van der Waals surface area contributed by atoms with E-state index in [1.54, 1.807) is 7.11 Å². The van der Waals surface area contributed by atoms with Gasteiger partial charge in [-0.25, -0.2) is 4.98 Å². The molecule has 1 aromatic carbocycles. The van der Waals surface area contributed by atoms with Crippen LogP contribution in [-0.2, 0) is 4.74 Å². The number of benzene rings is 1. The first-order valence-electron chi connectivity index (χ1n) is 10.2. The maximum absolute atomic E-state index is 13.0. The topological polar surface area (TPSA) is 94.3 Å². The van der Waals surface area contributed by atoms with Crippen molar-refractivity contribution < 1.29 is 9.53 Å². The van der Waals surface area contributed by atoms with Crippen molar-refractivity contribution in [2.24, 2.45) is 0 Å². The van der Waals surface area contributed by atoms with E-state index >= 15 is 0 Å². The summed E-state index contributed by atoms with van der Waals surface area (Å²) < 4.78 is 5.14. The Labute approximate surface area is 182 Å². The summed E-state index contributed by atoms with van der Waals surface area (Å²) in [7, 11) is 1.70. The van der Waals surface area contributed by atoms with Crippen molar-refractivity contribution in [2.75, 3.05) is 46.4 Å². The quantitative estimate of drug-likeness (QED) is 0.500. The van der Waals surface area contributed by atoms with Gasteiger partial charge < -0.3 is 19.6 Å². The maximum atomic E-state index is 13.0. The minimum atomic E-state index is -0.236. The lowest BCUT2D eigenvalue weighted by Gasteiger charge is -2.34. The molecule has 4 aromatic rings. The number of nitrogens with zero attached hydrogens (tertiary/aromatic N) is 3. The number of fused-ring (bicyclic) bond motifs is 2. The molecule has 2 N–H and O–H groups in total. The minimum Gasteiger partial charge on any atom is -0.383 e. The Morgan fingerprint density at radius 3 is 2.77 bits per heavy atom. The Hall–Kier alpha value is -3.01. The van der Waals surface area contributed by atoms with Crippen molar-refractivity contribution in [3.05, 3.63) is 50.9 Å². The number of thiophene rings is 1. The maximum Gasteiger partial charge on any atom is 0.276 e. The molecule has 8 nitrogen and oxygen atoms in total. The lowest BCUT2D eigenvalue weighted by Crippen LogP contribution is -2.49. The van der Waals surface area contributed by atoms with Crippen molar-refractivity contribution in [2.45, 2.75) is 0 Å². The summed E-state index contributed by atoms with van der Waals surface area (Å²) in [5, 5.41) is 4.66. The molecule has 0 aliphatic carbocycles. The smallest absolute Gasteiger partial charge is 0.276 e. The number of carbonyl (C=O) groups is 1. The molecule has 5 rings (SSSR count). The largest absolute Gasteiger partial charge is 0.383 e. The number of aromatic amines is 2. The van der Waals surface area contributed by atoms with Crippen molar-refractivity contribution in [1.29, 1.82) is 0 Å². The fourth-order valence-corrected chi connectivity index (χ4v) is 4.67. The van der Waals surface area contributed by atoms with Crippen LogP contribution < -0.4 is 5.56 Å². The van der Waals surface area contributed by atoms with E-state index in [-0.39, 0.29) is 11.5 Å². The van der Waals surface area contributed by atoms with Gasteiger partial charge in [-0.05, 0) is 24.3 Å². The molecular weight excluding hydrogens is 414 g/mol. The van der Waals surface area contributed by atoms with Crippen LogP contribution in [-0.4, -0.2) is 77.1 Å². The number of aromatic nitrogens is 3. The van der Waals surface area contributed by atoms with Crippen molar-refractivity contribution in [3.63, 3.8) is 0 Å². The van der Waals surface area contributed by atoms with Gasteiger partial charge in [0, 0.05) is 67.1 Å². The Balaban J connectivity index is 1.38. The van der Waals surface area contributed by atoms with Crippen LogP contribution in [0.25, 0.3) is 33.3 Å². The molecule has 1 fully saturated rings. The summed E-state index contributed by atoms with van der Waals surface area (Å²) in [5.74, 6) is 0.0340. The molecule has 0 saturated carbocycles. The number of hydrogen-bond donors (Lipinski definition) is 2. The number of piperazine rings is 1. The molecule has 0 radical (unpaired) electrons. The molecule has 1 saturated heterocycles. The van der Waals surface area contributed by atoms with Crippen molar-refractivity contribution in [1.82, 2.24) is 24.8 Å². The SMILES string of the molecule is COCCN1CCN(C(=O)c2ccc3[nH]c(-c4nc5cscc5[nH]c4=O)cc3c2)CC1. The minimum absolute atomic E-state index is 0.0340. The zero-order valence-electron chi connectivity index (χ0n) is 17.2. The summed E-state index contributed by atoms with van der Waals surface area (Å²) in [6.07, 6.45) is 0. The molecule has 1 aliphatic heterocycles. The number of methoxy groups -OCH3 is 1. The highest BCUT2D eigenvalue weighted by atomic mass is 32.1. The number of amides is 1. The number of rotatable bonds is 5. The highest BCUT2D eigenvalue weighted by Crippen LogP contribution is 2.24. The number of carbonyl (C=O) groups excluding carboxylic acids is 1. The fraction of sp³-hybridized carbons (Fsp3) is 0.318. The van der Waals surface area contributed by atoms with Crippen LogP contribution in [0.1, 0.15) is 10.4 Å². The van der Waals surface area contributed by atoms with E-state index < -0.39 is 0 Å². The van der Waals surface area contributed by atoms with Crippen molar-refractivity contribution >= 4 is 39.2 Å². The Bertz CT molecular complexity index is 1300. The first kappa shape index (κ1) is 19.9. The van der Waals surface area contributed by atoms with Gasteiger partial charge in [-0.2, -0.15) is 0 Å². The van der Waals surface area contributed by atoms with E-state index in [1.807, 2.05) is 39.9 Å².